The molecule has 0 saturated heterocycles. The van der Waals surface area contributed by atoms with E-state index in [4.69, 9.17) is 16.7 Å². The Labute approximate surface area is 115 Å². The number of carboxylic acid groups (broad SMARTS) is 1. The first-order valence-electron chi connectivity index (χ1n) is 6.11. The van der Waals surface area contributed by atoms with Crippen molar-refractivity contribution in [2.75, 3.05) is 0 Å². The molecule has 0 spiro atoms. The van der Waals surface area contributed by atoms with Crippen LogP contribution in [0.15, 0.2) is 36.5 Å². The summed E-state index contributed by atoms with van der Waals surface area (Å²) in [7, 11) is 0. The van der Waals surface area contributed by atoms with Crippen LogP contribution in [0.1, 0.15) is 11.1 Å². The molecule has 1 aromatic heterocycles. The highest BCUT2D eigenvalue weighted by molar-refractivity contribution is 6.34. The molecule has 4 heteroatoms. The highest BCUT2D eigenvalue weighted by Gasteiger charge is 2.29. The Morgan fingerprint density at radius 2 is 2.11 bits per heavy atom. The van der Waals surface area contributed by atoms with E-state index in [2.05, 4.69) is 4.98 Å². The lowest BCUT2D eigenvalue weighted by Crippen LogP contribution is -2.12. The van der Waals surface area contributed by atoms with Gasteiger partial charge in [-0.05, 0) is 36.1 Å². The molecule has 19 heavy (non-hydrogen) atoms. The molecular weight excluding hydrogens is 262 g/mol. The Balaban J connectivity index is 2.05. The highest BCUT2D eigenvalue weighted by Crippen LogP contribution is 2.38. The van der Waals surface area contributed by atoms with E-state index < -0.39 is 5.97 Å². The van der Waals surface area contributed by atoms with Gasteiger partial charge in [0.25, 0.3) is 0 Å². The van der Waals surface area contributed by atoms with Crippen molar-refractivity contribution in [2.24, 2.45) is 5.92 Å². The standard InChI is InChI=1S/C15H12ClNO2/c16-14-11(13-3-1-2-6-17-13)5-4-9-7-10(15(18)19)8-12(9)14/h1-6,10H,7-8H2,(H,18,19). The molecule has 0 amide bonds. The molecule has 1 unspecified atom stereocenters. The minimum atomic E-state index is -0.758. The zero-order valence-corrected chi connectivity index (χ0v) is 10.9. The molecule has 1 heterocycles. The average molecular weight is 274 g/mol. The van der Waals surface area contributed by atoms with Gasteiger partial charge in [-0.3, -0.25) is 9.78 Å². The van der Waals surface area contributed by atoms with Gasteiger partial charge in [-0.2, -0.15) is 0 Å². The molecule has 1 N–H and O–H groups in total. The summed E-state index contributed by atoms with van der Waals surface area (Å²) in [4.78, 5) is 15.4. The molecule has 0 saturated carbocycles. The molecule has 2 aromatic rings. The fraction of sp³-hybridized carbons (Fsp3) is 0.200. The summed E-state index contributed by atoms with van der Waals surface area (Å²) in [6.45, 7) is 0. The third-order valence-corrected chi connectivity index (χ3v) is 3.98. The van der Waals surface area contributed by atoms with Crippen LogP contribution in [0.25, 0.3) is 11.3 Å². The molecule has 0 bridgehead atoms. The van der Waals surface area contributed by atoms with Crippen molar-refractivity contribution >= 4 is 17.6 Å². The van der Waals surface area contributed by atoms with Crippen LogP contribution in [0.5, 0.6) is 0 Å². The summed E-state index contributed by atoms with van der Waals surface area (Å²) >= 11 is 6.43. The summed E-state index contributed by atoms with van der Waals surface area (Å²) in [6, 6.07) is 9.55. The van der Waals surface area contributed by atoms with Crippen molar-refractivity contribution in [1.82, 2.24) is 4.98 Å². The number of carboxylic acids is 1. The molecule has 1 aliphatic rings. The van der Waals surface area contributed by atoms with Gasteiger partial charge in [-0.1, -0.05) is 29.8 Å². The second-order valence-corrected chi connectivity index (χ2v) is 5.10. The number of pyridine rings is 1. The number of hydrogen-bond acceptors (Lipinski definition) is 2. The quantitative estimate of drug-likeness (QED) is 0.914. The van der Waals surface area contributed by atoms with E-state index in [1.165, 1.54) is 0 Å². The number of benzene rings is 1. The van der Waals surface area contributed by atoms with Crippen molar-refractivity contribution in [3.05, 3.63) is 52.7 Å². The fourth-order valence-corrected chi connectivity index (χ4v) is 2.91. The van der Waals surface area contributed by atoms with Crippen LogP contribution in [-0.2, 0) is 17.6 Å². The second-order valence-electron chi connectivity index (χ2n) is 4.72. The predicted molar refractivity (Wildman–Crippen MR) is 73.2 cm³/mol. The third-order valence-electron chi connectivity index (χ3n) is 3.55. The monoisotopic (exact) mass is 273 g/mol. The summed E-state index contributed by atoms with van der Waals surface area (Å²) in [6.07, 6.45) is 2.79. The Morgan fingerprint density at radius 1 is 1.26 bits per heavy atom. The Morgan fingerprint density at radius 3 is 2.79 bits per heavy atom. The van der Waals surface area contributed by atoms with Gasteiger partial charge < -0.3 is 5.11 Å². The van der Waals surface area contributed by atoms with E-state index >= 15 is 0 Å². The van der Waals surface area contributed by atoms with Crippen molar-refractivity contribution in [3.63, 3.8) is 0 Å². The van der Waals surface area contributed by atoms with E-state index in [-0.39, 0.29) is 5.92 Å². The molecule has 3 nitrogen and oxygen atoms in total. The van der Waals surface area contributed by atoms with Crippen molar-refractivity contribution in [2.45, 2.75) is 12.8 Å². The molecule has 96 valence electrons. The zero-order valence-electron chi connectivity index (χ0n) is 10.1. The maximum Gasteiger partial charge on any atom is 0.307 e. The smallest absolute Gasteiger partial charge is 0.307 e. The number of fused-ring (bicyclic) bond motifs is 1. The highest BCUT2D eigenvalue weighted by atomic mass is 35.5. The summed E-state index contributed by atoms with van der Waals surface area (Å²) in [5.74, 6) is -1.11. The second kappa shape index (κ2) is 4.67. The lowest BCUT2D eigenvalue weighted by atomic mass is 10.0. The van der Waals surface area contributed by atoms with Gasteiger partial charge in [0.2, 0.25) is 0 Å². The summed E-state index contributed by atoms with van der Waals surface area (Å²) < 4.78 is 0. The van der Waals surface area contributed by atoms with E-state index in [1.54, 1.807) is 6.20 Å². The van der Waals surface area contributed by atoms with Crippen molar-refractivity contribution in [3.8, 4) is 11.3 Å². The van der Waals surface area contributed by atoms with E-state index in [1.807, 2.05) is 30.3 Å². The number of carbonyl (C=O) groups is 1. The predicted octanol–water partition coefficient (Wildman–Crippen LogP) is 3.20. The molecule has 0 aliphatic heterocycles. The molecule has 3 rings (SSSR count). The van der Waals surface area contributed by atoms with Crippen LogP contribution in [0, 0.1) is 5.92 Å². The van der Waals surface area contributed by atoms with E-state index in [0.717, 1.165) is 22.4 Å². The molecule has 1 atom stereocenters. The maximum absolute atomic E-state index is 11.1. The lowest BCUT2D eigenvalue weighted by Gasteiger charge is -2.08. The minimum Gasteiger partial charge on any atom is -0.481 e. The third kappa shape index (κ3) is 2.10. The number of aliphatic carboxylic acids is 1. The van der Waals surface area contributed by atoms with E-state index in [9.17, 15) is 4.79 Å². The summed E-state index contributed by atoms with van der Waals surface area (Å²) in [5.41, 5.74) is 3.68. The van der Waals surface area contributed by atoms with Gasteiger partial charge in [0, 0.05) is 11.8 Å². The molecule has 1 aliphatic carbocycles. The number of aromatic nitrogens is 1. The average Bonchev–Trinajstić information content (AvgIpc) is 2.85. The Kier molecular flexibility index (Phi) is 2.99. The molecule has 1 aromatic carbocycles. The van der Waals surface area contributed by atoms with Crippen LogP contribution < -0.4 is 0 Å². The van der Waals surface area contributed by atoms with Gasteiger partial charge in [-0.25, -0.2) is 0 Å². The summed E-state index contributed by atoms with van der Waals surface area (Å²) in [5, 5.41) is 9.75. The number of hydrogen-bond donors (Lipinski definition) is 1. The number of nitrogens with zero attached hydrogens (tertiary/aromatic N) is 1. The first kappa shape index (κ1) is 12.2. The minimum absolute atomic E-state index is 0.355. The van der Waals surface area contributed by atoms with Crippen LogP contribution >= 0.6 is 11.6 Å². The van der Waals surface area contributed by atoms with Gasteiger partial charge >= 0.3 is 5.97 Å². The maximum atomic E-state index is 11.1. The largest absolute Gasteiger partial charge is 0.481 e. The van der Waals surface area contributed by atoms with Crippen LogP contribution in [0.4, 0.5) is 0 Å². The van der Waals surface area contributed by atoms with Gasteiger partial charge in [-0.15, -0.1) is 0 Å². The van der Waals surface area contributed by atoms with Crippen molar-refractivity contribution in [1.29, 1.82) is 0 Å². The van der Waals surface area contributed by atoms with Crippen LogP contribution in [0.2, 0.25) is 5.02 Å². The molecular formula is C15H12ClNO2. The van der Waals surface area contributed by atoms with Crippen molar-refractivity contribution < 1.29 is 9.90 Å². The van der Waals surface area contributed by atoms with E-state index in [0.29, 0.717) is 17.9 Å². The Bertz CT molecular complexity index is 640. The topological polar surface area (TPSA) is 50.2 Å². The first-order chi connectivity index (χ1) is 9.16. The zero-order chi connectivity index (χ0) is 13.4. The van der Waals surface area contributed by atoms with Crippen LogP contribution in [0.3, 0.4) is 0 Å². The molecule has 0 radical (unpaired) electrons. The first-order valence-corrected chi connectivity index (χ1v) is 6.49. The SMILES string of the molecule is O=C(O)C1Cc2ccc(-c3ccccn3)c(Cl)c2C1. The van der Waals surface area contributed by atoms with Crippen LogP contribution in [-0.4, -0.2) is 16.1 Å². The Hall–Kier alpha value is -1.87. The van der Waals surface area contributed by atoms with Gasteiger partial charge in [0.1, 0.15) is 0 Å². The number of halogens is 1. The van der Waals surface area contributed by atoms with Gasteiger partial charge in [0.05, 0.1) is 16.6 Å². The normalized spacial score (nSPS) is 17.2. The lowest BCUT2D eigenvalue weighted by molar-refractivity contribution is -0.141. The number of rotatable bonds is 2. The fourth-order valence-electron chi connectivity index (χ4n) is 2.55. The molecule has 0 fully saturated rings. The van der Waals surface area contributed by atoms with Gasteiger partial charge in [0.15, 0.2) is 0 Å².